The van der Waals surface area contributed by atoms with Crippen LogP contribution in [0.2, 0.25) is 0 Å². The van der Waals surface area contributed by atoms with Crippen LogP contribution in [0.25, 0.3) is 0 Å². The van der Waals surface area contributed by atoms with E-state index in [-0.39, 0.29) is 48.1 Å². The molecule has 8 nitrogen and oxygen atoms in total. The molecule has 1 saturated carbocycles. The highest BCUT2D eigenvalue weighted by molar-refractivity contribution is 5.91. The second-order valence-corrected chi connectivity index (χ2v) is 9.95. The lowest BCUT2D eigenvalue weighted by Gasteiger charge is -2.28. The topological polar surface area (TPSA) is 110 Å². The highest BCUT2D eigenvalue weighted by Crippen LogP contribution is 2.40. The zero-order valence-corrected chi connectivity index (χ0v) is 21.7. The molecule has 4 aromatic rings. The Kier molecular flexibility index (Phi) is 8.44. The van der Waals surface area contributed by atoms with Crippen molar-refractivity contribution in [3.8, 4) is 0 Å². The van der Waals surface area contributed by atoms with Gasteiger partial charge in [-0.15, -0.1) is 10.2 Å². The standard InChI is InChI=1S/C30H28F2N6O2/c31-23-8-4-19(5-9-23)16-29(39)33-27-14-12-25(35-37-27)21-2-1-3-22(18-21)26-13-15-28(38-36-26)34-30(40)17-20-6-10-24(32)11-7-20/h4-15,21-22H,1-3,16-18H2,(H,33,37,39)(H,34,38,40)/t21-,22-/m0/s1. The molecule has 2 aromatic heterocycles. The molecule has 10 heteroatoms. The summed E-state index contributed by atoms with van der Waals surface area (Å²) in [5.74, 6) is -0.0529. The molecule has 0 spiro atoms. The third-order valence-corrected chi connectivity index (χ3v) is 6.97. The normalized spacial score (nSPS) is 16.8. The molecule has 1 aliphatic carbocycles. The third kappa shape index (κ3) is 7.28. The van der Waals surface area contributed by atoms with Crippen LogP contribution in [0.3, 0.4) is 0 Å². The first-order valence-corrected chi connectivity index (χ1v) is 13.2. The van der Waals surface area contributed by atoms with E-state index in [2.05, 4.69) is 31.0 Å². The first-order valence-electron chi connectivity index (χ1n) is 13.2. The predicted molar refractivity (Wildman–Crippen MR) is 145 cm³/mol. The van der Waals surface area contributed by atoms with Crippen LogP contribution in [0.15, 0.2) is 72.8 Å². The van der Waals surface area contributed by atoms with Gasteiger partial charge in [-0.3, -0.25) is 9.59 Å². The van der Waals surface area contributed by atoms with Gasteiger partial charge in [-0.1, -0.05) is 30.7 Å². The van der Waals surface area contributed by atoms with Crippen molar-refractivity contribution in [2.75, 3.05) is 10.6 Å². The van der Waals surface area contributed by atoms with Crippen LogP contribution in [-0.2, 0) is 22.4 Å². The molecule has 2 N–H and O–H groups in total. The fraction of sp³-hybridized carbons (Fsp3) is 0.267. The van der Waals surface area contributed by atoms with E-state index in [0.717, 1.165) is 37.1 Å². The molecule has 1 fully saturated rings. The summed E-state index contributed by atoms with van der Waals surface area (Å²) in [6.07, 6.45) is 4.04. The van der Waals surface area contributed by atoms with Crippen molar-refractivity contribution in [3.63, 3.8) is 0 Å². The summed E-state index contributed by atoms with van der Waals surface area (Å²) < 4.78 is 26.1. The molecule has 1 aliphatic rings. The number of carbonyl (C=O) groups is 2. The van der Waals surface area contributed by atoms with E-state index in [1.165, 1.54) is 24.3 Å². The van der Waals surface area contributed by atoms with Crippen molar-refractivity contribution < 1.29 is 18.4 Å². The van der Waals surface area contributed by atoms with Gasteiger partial charge in [0.2, 0.25) is 11.8 Å². The maximum absolute atomic E-state index is 13.1. The van der Waals surface area contributed by atoms with Crippen LogP contribution in [-0.4, -0.2) is 32.2 Å². The first-order chi connectivity index (χ1) is 19.4. The van der Waals surface area contributed by atoms with Crippen molar-refractivity contribution >= 4 is 23.5 Å². The average Bonchev–Trinajstić information content (AvgIpc) is 2.96. The maximum atomic E-state index is 13.1. The number of aromatic nitrogens is 4. The summed E-state index contributed by atoms with van der Waals surface area (Å²) in [6, 6.07) is 18.9. The summed E-state index contributed by atoms with van der Waals surface area (Å²) in [6.45, 7) is 0. The van der Waals surface area contributed by atoms with Crippen LogP contribution in [0, 0.1) is 11.6 Å². The summed E-state index contributed by atoms with van der Waals surface area (Å²) in [5, 5.41) is 22.6. The Balaban J connectivity index is 1.13. The van der Waals surface area contributed by atoms with Gasteiger partial charge in [0.05, 0.1) is 24.2 Å². The SMILES string of the molecule is O=C(Cc1ccc(F)cc1)Nc1ccc([C@H]2CCC[C@H](c3ccc(NC(=O)Cc4ccc(F)cc4)nn3)C2)nn1. The fourth-order valence-electron chi connectivity index (χ4n) is 4.93. The van der Waals surface area contributed by atoms with E-state index in [9.17, 15) is 18.4 Å². The second-order valence-electron chi connectivity index (χ2n) is 9.95. The molecule has 0 aliphatic heterocycles. The van der Waals surface area contributed by atoms with E-state index in [4.69, 9.17) is 0 Å². The molecule has 40 heavy (non-hydrogen) atoms. The average molecular weight is 543 g/mol. The van der Waals surface area contributed by atoms with E-state index < -0.39 is 0 Å². The molecule has 2 aromatic carbocycles. The lowest BCUT2D eigenvalue weighted by molar-refractivity contribution is -0.116. The van der Waals surface area contributed by atoms with Gasteiger partial charge < -0.3 is 10.6 Å². The summed E-state index contributed by atoms with van der Waals surface area (Å²) in [7, 11) is 0. The van der Waals surface area contributed by atoms with Gasteiger partial charge in [0, 0.05) is 11.8 Å². The second kappa shape index (κ2) is 12.5. The number of hydrogen-bond donors (Lipinski definition) is 2. The Hall–Kier alpha value is -4.60. The number of nitrogens with one attached hydrogen (secondary N) is 2. The lowest BCUT2D eigenvalue weighted by atomic mass is 9.78. The van der Waals surface area contributed by atoms with Crippen molar-refractivity contribution in [2.24, 2.45) is 0 Å². The minimum Gasteiger partial charge on any atom is -0.309 e. The van der Waals surface area contributed by atoms with Crippen molar-refractivity contribution in [2.45, 2.75) is 50.4 Å². The molecular weight excluding hydrogens is 514 g/mol. The summed E-state index contributed by atoms with van der Waals surface area (Å²) >= 11 is 0. The number of carbonyl (C=O) groups excluding carboxylic acids is 2. The van der Waals surface area contributed by atoms with Crippen molar-refractivity contribution in [3.05, 3.63) is 107 Å². The highest BCUT2D eigenvalue weighted by Gasteiger charge is 2.27. The van der Waals surface area contributed by atoms with Gasteiger partial charge in [0.15, 0.2) is 11.6 Å². The number of nitrogens with zero attached hydrogens (tertiary/aromatic N) is 4. The molecule has 0 radical (unpaired) electrons. The molecule has 2 atom stereocenters. The molecule has 204 valence electrons. The molecule has 2 heterocycles. The number of rotatable bonds is 8. The molecule has 5 rings (SSSR count). The Labute approximate surface area is 230 Å². The largest absolute Gasteiger partial charge is 0.309 e. The molecule has 0 unspecified atom stereocenters. The monoisotopic (exact) mass is 542 g/mol. The minimum absolute atomic E-state index is 0.117. The van der Waals surface area contributed by atoms with Gasteiger partial charge in [0.1, 0.15) is 11.6 Å². The van der Waals surface area contributed by atoms with E-state index in [1.807, 2.05) is 12.1 Å². The molecule has 0 saturated heterocycles. The van der Waals surface area contributed by atoms with Crippen LogP contribution in [0.1, 0.15) is 60.0 Å². The summed E-state index contributed by atoms with van der Waals surface area (Å²) in [4.78, 5) is 24.6. The fourth-order valence-corrected chi connectivity index (χ4v) is 4.93. The number of halogens is 2. The van der Waals surface area contributed by atoms with Gasteiger partial charge in [0.25, 0.3) is 0 Å². The van der Waals surface area contributed by atoms with Crippen molar-refractivity contribution in [1.29, 1.82) is 0 Å². The Bertz CT molecular complexity index is 1340. The smallest absolute Gasteiger partial charge is 0.229 e. The third-order valence-electron chi connectivity index (χ3n) is 6.97. The quantitative estimate of drug-likeness (QED) is 0.311. The lowest BCUT2D eigenvalue weighted by Crippen LogP contribution is -2.18. The van der Waals surface area contributed by atoms with Crippen LogP contribution >= 0.6 is 0 Å². The van der Waals surface area contributed by atoms with Crippen LogP contribution < -0.4 is 10.6 Å². The minimum atomic E-state index is -0.344. The zero-order valence-electron chi connectivity index (χ0n) is 21.7. The first kappa shape index (κ1) is 27.0. The zero-order chi connectivity index (χ0) is 27.9. The van der Waals surface area contributed by atoms with Gasteiger partial charge >= 0.3 is 0 Å². The number of hydrogen-bond acceptors (Lipinski definition) is 6. The number of anilines is 2. The van der Waals surface area contributed by atoms with Gasteiger partial charge in [-0.2, -0.15) is 10.2 Å². The Morgan fingerprint density at radius 3 is 1.43 bits per heavy atom. The maximum Gasteiger partial charge on any atom is 0.229 e. The molecule has 0 bridgehead atoms. The van der Waals surface area contributed by atoms with Crippen molar-refractivity contribution in [1.82, 2.24) is 20.4 Å². The highest BCUT2D eigenvalue weighted by atomic mass is 19.1. The van der Waals surface area contributed by atoms with Crippen LogP contribution in [0.5, 0.6) is 0 Å². The van der Waals surface area contributed by atoms with Gasteiger partial charge in [-0.25, -0.2) is 8.78 Å². The Morgan fingerprint density at radius 1 is 0.625 bits per heavy atom. The molecular formula is C30H28F2N6O2. The summed E-state index contributed by atoms with van der Waals surface area (Å²) in [5.41, 5.74) is 3.14. The van der Waals surface area contributed by atoms with E-state index >= 15 is 0 Å². The Morgan fingerprint density at radius 2 is 1.05 bits per heavy atom. The van der Waals surface area contributed by atoms with Gasteiger partial charge in [-0.05, 0) is 78.9 Å². The van der Waals surface area contributed by atoms with E-state index in [0.29, 0.717) is 22.8 Å². The number of amides is 2. The van der Waals surface area contributed by atoms with E-state index in [1.54, 1.807) is 36.4 Å². The van der Waals surface area contributed by atoms with Crippen LogP contribution in [0.4, 0.5) is 20.4 Å². The molecule has 2 amide bonds. The predicted octanol–water partition coefficient (Wildman–Crippen LogP) is 5.35. The number of benzene rings is 2.